The molecule has 31 heavy (non-hydrogen) atoms. The van der Waals surface area contributed by atoms with E-state index >= 15 is 0 Å². The van der Waals surface area contributed by atoms with Crippen molar-refractivity contribution in [1.29, 1.82) is 0 Å². The molecule has 8 heteroatoms. The fourth-order valence-electron chi connectivity index (χ4n) is 3.85. The Morgan fingerprint density at radius 2 is 1.94 bits per heavy atom. The van der Waals surface area contributed by atoms with Gasteiger partial charge in [0.15, 0.2) is 5.65 Å². The first-order valence-corrected chi connectivity index (χ1v) is 10.4. The quantitative estimate of drug-likeness (QED) is 0.674. The lowest BCUT2D eigenvalue weighted by Gasteiger charge is -2.33. The second-order valence-corrected chi connectivity index (χ2v) is 7.77. The van der Waals surface area contributed by atoms with Crippen LogP contribution in [0.4, 0.5) is 11.4 Å². The van der Waals surface area contributed by atoms with E-state index in [0.29, 0.717) is 29.4 Å². The normalized spacial score (nSPS) is 16.3. The van der Waals surface area contributed by atoms with Crippen LogP contribution in [0.1, 0.15) is 24.2 Å². The number of aryl methyl sites for hydroxylation is 2. The number of anilines is 2. The number of pyridine rings is 1. The molecule has 8 nitrogen and oxygen atoms in total. The number of piperidine rings is 1. The number of aromatic nitrogens is 3. The number of hydrogen-bond acceptors (Lipinski definition) is 7. The Bertz CT molecular complexity index is 1120. The lowest BCUT2D eigenvalue weighted by atomic mass is 9.96. The molecule has 0 spiro atoms. The Morgan fingerprint density at radius 3 is 2.71 bits per heavy atom. The molecule has 1 aromatic carbocycles. The van der Waals surface area contributed by atoms with Crippen LogP contribution in [0.2, 0.25) is 0 Å². The lowest BCUT2D eigenvalue weighted by molar-refractivity contribution is -0.120. The van der Waals surface area contributed by atoms with E-state index in [-0.39, 0.29) is 11.8 Å². The van der Waals surface area contributed by atoms with Gasteiger partial charge in [0.1, 0.15) is 17.0 Å². The fourth-order valence-corrected chi connectivity index (χ4v) is 3.85. The first kappa shape index (κ1) is 20.8. The molecule has 2 aromatic heterocycles. The predicted molar refractivity (Wildman–Crippen MR) is 120 cm³/mol. The molecule has 4 rings (SSSR count). The maximum absolute atomic E-state index is 13.0. The van der Waals surface area contributed by atoms with E-state index in [1.807, 2.05) is 26.1 Å². The van der Waals surface area contributed by atoms with Gasteiger partial charge in [0.25, 0.3) is 0 Å². The number of amides is 1. The molecule has 0 aliphatic carbocycles. The van der Waals surface area contributed by atoms with Crippen molar-refractivity contribution in [3.63, 3.8) is 0 Å². The van der Waals surface area contributed by atoms with Crippen molar-refractivity contribution in [3.8, 4) is 11.5 Å². The van der Waals surface area contributed by atoms with Crippen LogP contribution in [-0.2, 0) is 4.79 Å². The highest BCUT2D eigenvalue weighted by Gasteiger charge is 2.27. The number of methoxy groups -OCH3 is 2. The van der Waals surface area contributed by atoms with Crippen molar-refractivity contribution < 1.29 is 14.3 Å². The van der Waals surface area contributed by atoms with Gasteiger partial charge in [-0.3, -0.25) is 4.79 Å². The van der Waals surface area contributed by atoms with Crippen molar-refractivity contribution in [1.82, 2.24) is 15.0 Å². The molecular weight excluding hydrogens is 394 g/mol. The van der Waals surface area contributed by atoms with Gasteiger partial charge in [-0.15, -0.1) is 0 Å². The Hall–Kier alpha value is -3.42. The van der Waals surface area contributed by atoms with Gasteiger partial charge in [-0.25, -0.2) is 15.0 Å². The number of nitrogens with zero attached hydrogens (tertiary/aromatic N) is 4. The second kappa shape index (κ2) is 8.75. The second-order valence-electron chi connectivity index (χ2n) is 7.77. The predicted octanol–water partition coefficient (Wildman–Crippen LogP) is 3.51. The van der Waals surface area contributed by atoms with Gasteiger partial charge >= 0.3 is 0 Å². The molecule has 3 heterocycles. The van der Waals surface area contributed by atoms with E-state index in [1.54, 1.807) is 32.4 Å². The molecule has 1 aliphatic rings. The van der Waals surface area contributed by atoms with E-state index in [0.717, 1.165) is 42.0 Å². The van der Waals surface area contributed by atoms with Crippen LogP contribution in [0.25, 0.3) is 11.2 Å². The van der Waals surface area contributed by atoms with Gasteiger partial charge < -0.3 is 19.7 Å². The van der Waals surface area contributed by atoms with E-state index < -0.39 is 0 Å². The summed E-state index contributed by atoms with van der Waals surface area (Å²) in [4.78, 5) is 28.8. The molecule has 1 fully saturated rings. The fraction of sp³-hybridized carbons (Fsp3) is 0.391. The third kappa shape index (κ3) is 4.38. The smallest absolute Gasteiger partial charge is 0.229 e. The summed E-state index contributed by atoms with van der Waals surface area (Å²) in [5, 5.41) is 3.01. The van der Waals surface area contributed by atoms with Crippen LogP contribution in [0, 0.1) is 19.8 Å². The number of carbonyl (C=O) groups excluding carboxylic acids is 1. The number of carbonyl (C=O) groups is 1. The van der Waals surface area contributed by atoms with Crippen LogP contribution in [0.5, 0.6) is 11.5 Å². The standard InChI is InChI=1S/C23H27N5O3/c1-14-15(2)26-22-20(25-14)10-17(12-24-22)28-9-5-6-16(13-28)23(29)27-19-11-18(30-3)7-8-21(19)31-4/h7-8,10-12,16H,5-6,9,13H2,1-4H3,(H,27,29)/t16-/m0/s1. The summed E-state index contributed by atoms with van der Waals surface area (Å²) in [6.07, 6.45) is 3.56. The maximum Gasteiger partial charge on any atom is 0.229 e. The molecule has 1 saturated heterocycles. The Kier molecular flexibility index (Phi) is 5.88. The molecule has 0 bridgehead atoms. The zero-order valence-corrected chi connectivity index (χ0v) is 18.3. The monoisotopic (exact) mass is 421 g/mol. The highest BCUT2D eigenvalue weighted by molar-refractivity contribution is 5.94. The Labute approximate surface area is 181 Å². The summed E-state index contributed by atoms with van der Waals surface area (Å²) in [5.74, 6) is 1.09. The maximum atomic E-state index is 13.0. The molecule has 0 unspecified atom stereocenters. The minimum absolute atomic E-state index is 0.0312. The average molecular weight is 422 g/mol. The van der Waals surface area contributed by atoms with Crippen LogP contribution in [0.3, 0.4) is 0 Å². The van der Waals surface area contributed by atoms with Crippen LogP contribution in [-0.4, -0.2) is 48.2 Å². The topological polar surface area (TPSA) is 89.5 Å². The number of hydrogen-bond donors (Lipinski definition) is 1. The van der Waals surface area contributed by atoms with E-state index in [9.17, 15) is 4.79 Å². The molecular formula is C23H27N5O3. The molecule has 1 aliphatic heterocycles. The largest absolute Gasteiger partial charge is 0.497 e. The van der Waals surface area contributed by atoms with Crippen LogP contribution >= 0.6 is 0 Å². The van der Waals surface area contributed by atoms with Gasteiger partial charge in [0, 0.05) is 19.2 Å². The van der Waals surface area contributed by atoms with Crippen molar-refractivity contribution in [2.75, 3.05) is 37.5 Å². The number of benzene rings is 1. The molecule has 3 aromatic rings. The van der Waals surface area contributed by atoms with Gasteiger partial charge in [-0.2, -0.15) is 0 Å². The number of nitrogens with one attached hydrogen (secondary N) is 1. The zero-order valence-electron chi connectivity index (χ0n) is 18.3. The first-order valence-electron chi connectivity index (χ1n) is 10.4. The average Bonchev–Trinajstić information content (AvgIpc) is 2.79. The summed E-state index contributed by atoms with van der Waals surface area (Å²) in [6, 6.07) is 7.36. The molecule has 1 amide bonds. The summed E-state index contributed by atoms with van der Waals surface area (Å²) in [5.41, 5.74) is 4.76. The zero-order chi connectivity index (χ0) is 22.0. The minimum Gasteiger partial charge on any atom is -0.497 e. The molecule has 162 valence electrons. The summed E-state index contributed by atoms with van der Waals surface area (Å²) in [6.45, 7) is 5.37. The van der Waals surface area contributed by atoms with E-state index in [2.05, 4.69) is 25.2 Å². The van der Waals surface area contributed by atoms with Gasteiger partial charge in [0.05, 0.1) is 49.1 Å². The molecule has 1 N–H and O–H groups in total. The van der Waals surface area contributed by atoms with Crippen LogP contribution in [0.15, 0.2) is 30.5 Å². The number of ether oxygens (including phenoxy) is 2. The van der Waals surface area contributed by atoms with Crippen molar-refractivity contribution in [2.45, 2.75) is 26.7 Å². The Balaban J connectivity index is 1.51. The van der Waals surface area contributed by atoms with Gasteiger partial charge in [-0.1, -0.05) is 0 Å². The van der Waals surface area contributed by atoms with Gasteiger partial charge in [0.2, 0.25) is 5.91 Å². The van der Waals surface area contributed by atoms with Crippen molar-refractivity contribution in [3.05, 3.63) is 41.9 Å². The van der Waals surface area contributed by atoms with E-state index in [4.69, 9.17) is 9.47 Å². The molecule has 0 saturated carbocycles. The summed E-state index contributed by atoms with van der Waals surface area (Å²) >= 11 is 0. The third-order valence-corrected chi connectivity index (χ3v) is 5.74. The molecule has 1 atom stereocenters. The summed E-state index contributed by atoms with van der Waals surface area (Å²) in [7, 11) is 3.18. The van der Waals surface area contributed by atoms with Crippen LogP contribution < -0.4 is 19.7 Å². The van der Waals surface area contributed by atoms with E-state index in [1.165, 1.54) is 0 Å². The Morgan fingerprint density at radius 1 is 1.13 bits per heavy atom. The number of rotatable bonds is 5. The third-order valence-electron chi connectivity index (χ3n) is 5.74. The highest BCUT2D eigenvalue weighted by atomic mass is 16.5. The SMILES string of the molecule is COc1ccc(OC)c(NC(=O)[C@H]2CCCN(c3cnc4nc(C)c(C)nc4c3)C2)c1. The molecule has 0 radical (unpaired) electrons. The van der Waals surface area contributed by atoms with Crippen molar-refractivity contribution in [2.24, 2.45) is 5.92 Å². The van der Waals surface area contributed by atoms with Gasteiger partial charge in [-0.05, 0) is 44.9 Å². The summed E-state index contributed by atoms with van der Waals surface area (Å²) < 4.78 is 10.7. The van der Waals surface area contributed by atoms with Crippen molar-refractivity contribution >= 4 is 28.4 Å². The lowest BCUT2D eigenvalue weighted by Crippen LogP contribution is -2.40. The minimum atomic E-state index is -0.147. The highest BCUT2D eigenvalue weighted by Crippen LogP contribution is 2.31. The first-order chi connectivity index (χ1) is 15.0. The number of fused-ring (bicyclic) bond motifs is 1.